The van der Waals surface area contributed by atoms with Gasteiger partial charge in [-0.05, 0) is 37.2 Å². The van der Waals surface area contributed by atoms with Gasteiger partial charge < -0.3 is 15.2 Å². The van der Waals surface area contributed by atoms with E-state index in [-0.39, 0.29) is 5.75 Å². The summed E-state index contributed by atoms with van der Waals surface area (Å²) in [7, 11) is 1.56. The van der Waals surface area contributed by atoms with Crippen molar-refractivity contribution < 1.29 is 9.84 Å². The van der Waals surface area contributed by atoms with Crippen LogP contribution in [0.3, 0.4) is 0 Å². The summed E-state index contributed by atoms with van der Waals surface area (Å²) in [5, 5.41) is 13.1. The summed E-state index contributed by atoms with van der Waals surface area (Å²) in [6.07, 6.45) is 1.18. The van der Waals surface area contributed by atoms with Crippen LogP contribution < -0.4 is 10.1 Å². The molecule has 1 fully saturated rings. The van der Waals surface area contributed by atoms with Crippen molar-refractivity contribution in [1.29, 1.82) is 0 Å². The fourth-order valence-corrected chi connectivity index (χ4v) is 2.15. The molecular formula is C13H20N2O2. The Morgan fingerprint density at radius 2 is 2.24 bits per heavy atom. The van der Waals surface area contributed by atoms with Crippen molar-refractivity contribution >= 4 is 0 Å². The third-order valence-electron chi connectivity index (χ3n) is 3.08. The molecule has 2 rings (SSSR count). The molecule has 0 atom stereocenters. The van der Waals surface area contributed by atoms with Gasteiger partial charge in [0, 0.05) is 19.6 Å². The molecule has 0 aromatic heterocycles. The van der Waals surface area contributed by atoms with Crippen LogP contribution in [0.4, 0.5) is 0 Å². The second-order valence-electron chi connectivity index (χ2n) is 4.39. The van der Waals surface area contributed by atoms with Crippen molar-refractivity contribution in [3.8, 4) is 11.5 Å². The Labute approximate surface area is 102 Å². The maximum atomic E-state index is 9.72. The molecule has 1 saturated heterocycles. The van der Waals surface area contributed by atoms with Crippen molar-refractivity contribution in [3.05, 3.63) is 23.8 Å². The van der Waals surface area contributed by atoms with Crippen molar-refractivity contribution in [2.24, 2.45) is 0 Å². The van der Waals surface area contributed by atoms with Gasteiger partial charge in [0.25, 0.3) is 0 Å². The summed E-state index contributed by atoms with van der Waals surface area (Å²) in [4.78, 5) is 2.40. The molecule has 0 unspecified atom stereocenters. The molecule has 17 heavy (non-hydrogen) atoms. The Hall–Kier alpha value is -1.26. The Balaban J connectivity index is 1.99. The maximum absolute atomic E-state index is 9.72. The smallest absolute Gasteiger partial charge is 0.160 e. The van der Waals surface area contributed by atoms with Crippen LogP contribution in [0.25, 0.3) is 0 Å². The number of nitrogens with one attached hydrogen (secondary N) is 1. The average molecular weight is 236 g/mol. The number of phenolic OH excluding ortho intramolecular Hbond substituents is 1. The molecule has 0 saturated carbocycles. The first-order chi connectivity index (χ1) is 8.29. The zero-order valence-corrected chi connectivity index (χ0v) is 10.3. The van der Waals surface area contributed by atoms with Crippen LogP contribution in [0.1, 0.15) is 12.0 Å². The van der Waals surface area contributed by atoms with Crippen molar-refractivity contribution in [2.75, 3.05) is 33.3 Å². The van der Waals surface area contributed by atoms with E-state index in [0.717, 1.165) is 38.3 Å². The van der Waals surface area contributed by atoms with E-state index in [1.54, 1.807) is 13.2 Å². The highest BCUT2D eigenvalue weighted by atomic mass is 16.5. The normalized spacial score (nSPS) is 17.7. The monoisotopic (exact) mass is 236 g/mol. The zero-order valence-electron chi connectivity index (χ0n) is 10.3. The molecule has 94 valence electrons. The van der Waals surface area contributed by atoms with E-state index in [0.29, 0.717) is 5.75 Å². The minimum absolute atomic E-state index is 0.220. The highest BCUT2D eigenvalue weighted by Gasteiger charge is 2.10. The molecule has 4 heteroatoms. The summed E-state index contributed by atoms with van der Waals surface area (Å²) in [5.74, 6) is 0.754. The molecule has 2 N–H and O–H groups in total. The van der Waals surface area contributed by atoms with Gasteiger partial charge in [-0.15, -0.1) is 0 Å². The van der Waals surface area contributed by atoms with Crippen molar-refractivity contribution in [2.45, 2.75) is 13.0 Å². The Morgan fingerprint density at radius 3 is 3.00 bits per heavy atom. The number of benzene rings is 1. The van der Waals surface area contributed by atoms with Crippen LogP contribution in [0, 0.1) is 0 Å². The summed E-state index contributed by atoms with van der Waals surface area (Å²) in [6, 6.07) is 5.62. The predicted molar refractivity (Wildman–Crippen MR) is 67.4 cm³/mol. The standard InChI is InChI=1S/C13H20N2O2/c1-17-13-4-3-11(9-12(13)16)10-15-7-2-5-14-6-8-15/h3-4,9,14,16H,2,5-8,10H2,1H3. The van der Waals surface area contributed by atoms with Gasteiger partial charge in [-0.25, -0.2) is 0 Å². The second kappa shape index (κ2) is 5.89. The lowest BCUT2D eigenvalue weighted by Gasteiger charge is -2.19. The first kappa shape index (κ1) is 12.2. The Morgan fingerprint density at radius 1 is 1.35 bits per heavy atom. The summed E-state index contributed by atoms with van der Waals surface area (Å²) in [6.45, 7) is 5.21. The maximum Gasteiger partial charge on any atom is 0.160 e. The molecule has 1 aliphatic rings. The number of methoxy groups -OCH3 is 1. The van der Waals surface area contributed by atoms with Gasteiger partial charge in [-0.2, -0.15) is 0 Å². The van der Waals surface area contributed by atoms with E-state index in [9.17, 15) is 5.11 Å². The van der Waals surface area contributed by atoms with E-state index >= 15 is 0 Å². The van der Waals surface area contributed by atoms with E-state index < -0.39 is 0 Å². The lowest BCUT2D eigenvalue weighted by atomic mass is 10.2. The molecule has 1 aliphatic heterocycles. The molecule has 1 heterocycles. The lowest BCUT2D eigenvalue weighted by Crippen LogP contribution is -2.27. The predicted octanol–water partition coefficient (Wildman–Crippen LogP) is 1.20. The topological polar surface area (TPSA) is 44.7 Å². The first-order valence-electron chi connectivity index (χ1n) is 6.08. The van der Waals surface area contributed by atoms with E-state index in [4.69, 9.17) is 4.74 Å². The number of aromatic hydroxyl groups is 1. The van der Waals surface area contributed by atoms with Crippen LogP contribution in [-0.2, 0) is 6.54 Å². The quantitative estimate of drug-likeness (QED) is 0.827. The molecule has 0 radical (unpaired) electrons. The highest BCUT2D eigenvalue weighted by Crippen LogP contribution is 2.26. The van der Waals surface area contributed by atoms with Crippen LogP contribution in [0.15, 0.2) is 18.2 Å². The van der Waals surface area contributed by atoms with E-state index in [1.807, 2.05) is 12.1 Å². The lowest BCUT2D eigenvalue weighted by molar-refractivity contribution is 0.283. The summed E-state index contributed by atoms with van der Waals surface area (Å²) >= 11 is 0. The van der Waals surface area contributed by atoms with Crippen molar-refractivity contribution in [3.63, 3.8) is 0 Å². The zero-order chi connectivity index (χ0) is 12.1. The summed E-state index contributed by atoms with van der Waals surface area (Å²) in [5.41, 5.74) is 1.13. The molecule has 0 spiro atoms. The molecule has 1 aromatic rings. The molecular weight excluding hydrogens is 216 g/mol. The molecule has 0 bridgehead atoms. The number of rotatable bonds is 3. The number of hydrogen-bond acceptors (Lipinski definition) is 4. The van der Waals surface area contributed by atoms with Crippen LogP contribution in [-0.4, -0.2) is 43.3 Å². The van der Waals surface area contributed by atoms with Crippen molar-refractivity contribution in [1.82, 2.24) is 10.2 Å². The van der Waals surface area contributed by atoms with Crippen LogP contribution in [0.2, 0.25) is 0 Å². The minimum Gasteiger partial charge on any atom is -0.504 e. The number of phenols is 1. The SMILES string of the molecule is COc1ccc(CN2CCCNCC2)cc1O. The third-order valence-corrected chi connectivity index (χ3v) is 3.08. The fraction of sp³-hybridized carbons (Fsp3) is 0.538. The Bertz CT molecular complexity index is 360. The largest absolute Gasteiger partial charge is 0.504 e. The molecule has 1 aromatic carbocycles. The summed E-state index contributed by atoms with van der Waals surface area (Å²) < 4.78 is 5.04. The second-order valence-corrected chi connectivity index (χ2v) is 4.39. The molecule has 4 nitrogen and oxygen atoms in total. The van der Waals surface area contributed by atoms with Gasteiger partial charge in [0.05, 0.1) is 7.11 Å². The first-order valence-corrected chi connectivity index (χ1v) is 6.08. The highest BCUT2D eigenvalue weighted by molar-refractivity contribution is 5.41. The number of ether oxygens (including phenoxy) is 1. The van der Waals surface area contributed by atoms with Crippen LogP contribution in [0.5, 0.6) is 11.5 Å². The number of hydrogen-bond donors (Lipinski definition) is 2. The molecule has 0 aliphatic carbocycles. The van der Waals surface area contributed by atoms with Gasteiger partial charge in [0.15, 0.2) is 11.5 Å². The molecule has 0 amide bonds. The number of nitrogens with zero attached hydrogens (tertiary/aromatic N) is 1. The van der Waals surface area contributed by atoms with Gasteiger partial charge in [-0.3, -0.25) is 4.90 Å². The minimum atomic E-state index is 0.220. The van der Waals surface area contributed by atoms with Gasteiger partial charge in [0.2, 0.25) is 0 Å². The van der Waals surface area contributed by atoms with Gasteiger partial charge in [-0.1, -0.05) is 6.07 Å². The Kier molecular flexibility index (Phi) is 4.23. The van der Waals surface area contributed by atoms with Crippen LogP contribution >= 0.6 is 0 Å². The van der Waals surface area contributed by atoms with E-state index in [2.05, 4.69) is 10.2 Å². The van der Waals surface area contributed by atoms with Gasteiger partial charge in [0.1, 0.15) is 0 Å². The van der Waals surface area contributed by atoms with E-state index in [1.165, 1.54) is 6.42 Å². The van der Waals surface area contributed by atoms with Gasteiger partial charge >= 0.3 is 0 Å². The average Bonchev–Trinajstić information content (AvgIpc) is 2.58. The fourth-order valence-electron chi connectivity index (χ4n) is 2.15. The third kappa shape index (κ3) is 3.35.